The molecule has 0 saturated heterocycles. The van der Waals surface area contributed by atoms with E-state index in [4.69, 9.17) is 19.3 Å². The molecule has 0 aliphatic rings. The number of rotatable bonds is 7. The highest BCUT2D eigenvalue weighted by Gasteiger charge is 2.23. The molecule has 0 heterocycles. The Hall–Kier alpha value is 0.0600. The lowest BCUT2D eigenvalue weighted by Crippen LogP contribution is -2.36. The molecule has 0 aliphatic carbocycles. The van der Waals surface area contributed by atoms with E-state index < -0.39 is 48.1 Å². The Morgan fingerprint density at radius 2 is 1.79 bits per heavy atom. The Kier molecular flexibility index (Phi) is 7.40. The van der Waals surface area contributed by atoms with E-state index in [1.807, 2.05) is 0 Å². The van der Waals surface area contributed by atoms with E-state index in [-0.39, 0.29) is 0 Å². The van der Waals surface area contributed by atoms with Gasteiger partial charge >= 0.3 is 22.7 Å². The van der Waals surface area contributed by atoms with Gasteiger partial charge in [-0.3, -0.25) is 17.5 Å². The second-order valence-electron chi connectivity index (χ2n) is 2.10. The van der Waals surface area contributed by atoms with Crippen molar-refractivity contribution in [2.45, 2.75) is 12.2 Å². The van der Waals surface area contributed by atoms with Crippen molar-refractivity contribution in [1.29, 1.82) is 0 Å². The van der Waals surface area contributed by atoms with Gasteiger partial charge in [-0.15, -0.1) is 0 Å². The van der Waals surface area contributed by atoms with Gasteiger partial charge in [0.05, 0.1) is 13.2 Å². The van der Waals surface area contributed by atoms with Gasteiger partial charge in [0.15, 0.2) is 0 Å². The van der Waals surface area contributed by atoms with E-state index in [9.17, 15) is 8.42 Å². The molecule has 4 N–H and O–H groups in total. The number of hydrogen-bond donors (Lipinski definition) is 4. The molecular weight excluding hydrogens is 240 g/mol. The van der Waals surface area contributed by atoms with Crippen molar-refractivity contribution in [2.75, 3.05) is 13.2 Å². The van der Waals surface area contributed by atoms with Gasteiger partial charge < -0.3 is 10.2 Å². The van der Waals surface area contributed by atoms with Crippen molar-refractivity contribution in [1.82, 2.24) is 0 Å². The standard InChI is InChI=1S/C4H10O8S2/c5-1-3(6)4(12-14(9)10)2-11-13(7)8/h3-6H,1-2H2,(H,7,8)(H,9,10)/t3-,4+/m1/s1. The van der Waals surface area contributed by atoms with Crippen molar-refractivity contribution in [2.24, 2.45) is 0 Å². The summed E-state index contributed by atoms with van der Waals surface area (Å²) in [5, 5.41) is 17.5. The van der Waals surface area contributed by atoms with Crippen molar-refractivity contribution < 1.29 is 36.1 Å². The molecule has 10 heteroatoms. The number of hydrogen-bond acceptors (Lipinski definition) is 6. The predicted molar refractivity (Wildman–Crippen MR) is 45.5 cm³/mol. The summed E-state index contributed by atoms with van der Waals surface area (Å²) in [4.78, 5) is 0. The first-order chi connectivity index (χ1) is 6.47. The number of aliphatic hydroxyl groups excluding tert-OH is 2. The molecule has 0 bridgehead atoms. The van der Waals surface area contributed by atoms with E-state index in [2.05, 4.69) is 8.37 Å². The van der Waals surface area contributed by atoms with Gasteiger partial charge in [-0.1, -0.05) is 0 Å². The third-order valence-electron chi connectivity index (χ3n) is 1.16. The maximum Gasteiger partial charge on any atom is 0.302 e. The molecule has 86 valence electrons. The van der Waals surface area contributed by atoms with E-state index in [0.717, 1.165) is 0 Å². The molecule has 0 aliphatic heterocycles. The summed E-state index contributed by atoms with van der Waals surface area (Å²) >= 11 is -5.24. The van der Waals surface area contributed by atoms with E-state index in [1.54, 1.807) is 0 Å². The molecule has 0 amide bonds. The summed E-state index contributed by atoms with van der Waals surface area (Å²) < 4.78 is 45.0. The van der Waals surface area contributed by atoms with Crippen LogP contribution in [0.3, 0.4) is 0 Å². The van der Waals surface area contributed by atoms with Crippen molar-refractivity contribution in [3.8, 4) is 0 Å². The molecule has 0 aromatic heterocycles. The van der Waals surface area contributed by atoms with Gasteiger partial charge in [-0.25, -0.2) is 0 Å². The fourth-order valence-electron chi connectivity index (χ4n) is 0.552. The second-order valence-corrected chi connectivity index (χ2v) is 3.40. The van der Waals surface area contributed by atoms with Crippen LogP contribution in [0.15, 0.2) is 0 Å². The SMILES string of the molecule is O=S(O)OC[C@H](OS(=O)O)[C@H](O)CO. The second kappa shape index (κ2) is 7.36. The average Bonchev–Trinajstić information content (AvgIpc) is 2.10. The molecule has 0 rings (SSSR count). The van der Waals surface area contributed by atoms with E-state index >= 15 is 0 Å². The quantitative estimate of drug-likeness (QED) is 0.382. The van der Waals surface area contributed by atoms with Gasteiger partial charge in [0.1, 0.15) is 12.2 Å². The number of aliphatic hydroxyl groups is 2. The summed E-state index contributed by atoms with van der Waals surface area (Å²) in [7, 11) is 0. The molecule has 0 fully saturated rings. The average molecular weight is 250 g/mol. The van der Waals surface area contributed by atoms with E-state index in [1.165, 1.54) is 0 Å². The molecule has 0 spiro atoms. The molecule has 4 atom stereocenters. The van der Waals surface area contributed by atoms with Crippen LogP contribution in [0.25, 0.3) is 0 Å². The van der Waals surface area contributed by atoms with Gasteiger partial charge in [0, 0.05) is 0 Å². The van der Waals surface area contributed by atoms with Crippen LogP contribution < -0.4 is 0 Å². The molecular formula is C4H10O8S2. The fourth-order valence-corrected chi connectivity index (χ4v) is 1.20. The van der Waals surface area contributed by atoms with Crippen LogP contribution in [-0.2, 0) is 31.1 Å². The van der Waals surface area contributed by atoms with Crippen LogP contribution in [0, 0.1) is 0 Å². The largest absolute Gasteiger partial charge is 0.394 e. The fraction of sp³-hybridized carbons (Fsp3) is 1.00. The topological polar surface area (TPSA) is 134 Å². The highest BCUT2D eigenvalue weighted by atomic mass is 32.2. The minimum atomic E-state index is -2.66. The minimum absolute atomic E-state index is 0.600. The van der Waals surface area contributed by atoms with Crippen LogP contribution in [0.4, 0.5) is 0 Å². The Labute approximate surface area is 84.8 Å². The van der Waals surface area contributed by atoms with Gasteiger partial charge in [-0.05, 0) is 0 Å². The first kappa shape index (κ1) is 14.1. The highest BCUT2D eigenvalue weighted by molar-refractivity contribution is 7.74. The lowest BCUT2D eigenvalue weighted by atomic mass is 10.2. The molecule has 0 saturated carbocycles. The molecule has 2 unspecified atom stereocenters. The molecule has 14 heavy (non-hydrogen) atoms. The molecule has 0 radical (unpaired) electrons. The molecule has 8 nitrogen and oxygen atoms in total. The lowest BCUT2D eigenvalue weighted by Gasteiger charge is -2.17. The first-order valence-electron chi connectivity index (χ1n) is 3.28. The van der Waals surface area contributed by atoms with Crippen LogP contribution in [-0.4, -0.2) is 53.2 Å². The zero-order valence-corrected chi connectivity index (χ0v) is 8.44. The summed E-state index contributed by atoms with van der Waals surface area (Å²) in [6.45, 7) is -1.33. The maximum absolute atomic E-state index is 10.2. The lowest BCUT2D eigenvalue weighted by molar-refractivity contribution is -0.0176. The summed E-state index contributed by atoms with van der Waals surface area (Å²) in [6, 6.07) is 0. The third-order valence-corrected chi connectivity index (χ3v) is 1.90. The molecule has 0 aromatic rings. The summed E-state index contributed by atoms with van der Waals surface area (Å²) in [5.74, 6) is 0. The smallest absolute Gasteiger partial charge is 0.302 e. The Balaban J connectivity index is 4.09. The van der Waals surface area contributed by atoms with Crippen LogP contribution in [0.1, 0.15) is 0 Å². The van der Waals surface area contributed by atoms with Crippen molar-refractivity contribution >= 4 is 22.7 Å². The summed E-state index contributed by atoms with van der Waals surface area (Å²) in [5.41, 5.74) is 0. The van der Waals surface area contributed by atoms with Crippen LogP contribution in [0.2, 0.25) is 0 Å². The van der Waals surface area contributed by atoms with Crippen molar-refractivity contribution in [3.05, 3.63) is 0 Å². The highest BCUT2D eigenvalue weighted by Crippen LogP contribution is 2.02. The molecule has 0 aromatic carbocycles. The summed E-state index contributed by atoms with van der Waals surface area (Å²) in [6.07, 6.45) is -2.84. The maximum atomic E-state index is 10.2. The Morgan fingerprint density at radius 1 is 1.21 bits per heavy atom. The van der Waals surface area contributed by atoms with Gasteiger partial charge in [-0.2, -0.15) is 8.42 Å². The third kappa shape index (κ3) is 6.50. The van der Waals surface area contributed by atoms with Gasteiger partial charge in [0.2, 0.25) is 0 Å². The van der Waals surface area contributed by atoms with Crippen LogP contribution >= 0.6 is 0 Å². The minimum Gasteiger partial charge on any atom is -0.394 e. The predicted octanol–water partition coefficient (Wildman–Crippen LogP) is -1.99. The monoisotopic (exact) mass is 250 g/mol. The first-order valence-corrected chi connectivity index (χ1v) is 5.34. The normalized spacial score (nSPS) is 20.0. The Morgan fingerprint density at radius 3 is 2.14 bits per heavy atom. The zero-order valence-electron chi connectivity index (χ0n) is 6.81. The van der Waals surface area contributed by atoms with Crippen LogP contribution in [0.5, 0.6) is 0 Å². The Bertz CT molecular complexity index is 208. The zero-order chi connectivity index (χ0) is 11.1. The van der Waals surface area contributed by atoms with Crippen molar-refractivity contribution in [3.63, 3.8) is 0 Å². The van der Waals surface area contributed by atoms with E-state index in [0.29, 0.717) is 0 Å². The van der Waals surface area contributed by atoms with Gasteiger partial charge in [0.25, 0.3) is 0 Å².